The van der Waals surface area contributed by atoms with Gasteiger partial charge in [0.15, 0.2) is 0 Å². The van der Waals surface area contributed by atoms with E-state index in [1.54, 1.807) is 6.20 Å². The van der Waals surface area contributed by atoms with Gasteiger partial charge >= 0.3 is 0 Å². The van der Waals surface area contributed by atoms with Gasteiger partial charge in [-0.3, -0.25) is 14.5 Å². The van der Waals surface area contributed by atoms with Gasteiger partial charge in [-0.1, -0.05) is 5.21 Å². The fourth-order valence-electron chi connectivity index (χ4n) is 2.06. The van der Waals surface area contributed by atoms with E-state index in [1.165, 1.54) is 35.1 Å². The van der Waals surface area contributed by atoms with Crippen molar-refractivity contribution in [3.05, 3.63) is 48.7 Å². The van der Waals surface area contributed by atoms with E-state index in [2.05, 4.69) is 15.3 Å². The van der Waals surface area contributed by atoms with Gasteiger partial charge in [0.2, 0.25) is 5.91 Å². The number of hydrogen-bond acceptors (Lipinski definition) is 6. The molecule has 0 aliphatic heterocycles. The molecule has 1 amide bonds. The summed E-state index contributed by atoms with van der Waals surface area (Å²) in [4.78, 5) is 15.6. The van der Waals surface area contributed by atoms with Crippen LogP contribution in [0, 0.1) is 5.82 Å². The lowest BCUT2D eigenvalue weighted by molar-refractivity contribution is -0.119. The minimum atomic E-state index is -4.08. The van der Waals surface area contributed by atoms with Crippen molar-refractivity contribution in [2.75, 3.05) is 0 Å². The molecule has 8 nitrogen and oxygen atoms in total. The number of pyridine rings is 1. The smallest absolute Gasteiger partial charge is 0.265 e. The fourth-order valence-corrected chi connectivity index (χ4v) is 3.05. The van der Waals surface area contributed by atoms with Crippen LogP contribution in [0.1, 0.15) is 6.42 Å². The van der Waals surface area contributed by atoms with Crippen LogP contribution in [0.3, 0.4) is 0 Å². The second kappa shape index (κ2) is 6.32. The number of aryl methyl sites for hydroxylation is 1. The molecule has 1 aromatic carbocycles. The Hall–Kier alpha value is -2.88. The lowest BCUT2D eigenvalue weighted by atomic mass is 10.2. The zero-order valence-corrected chi connectivity index (χ0v) is 13.1. The molecule has 3 rings (SSSR count). The Morgan fingerprint density at radius 1 is 1.29 bits per heavy atom. The summed E-state index contributed by atoms with van der Waals surface area (Å²) in [6.07, 6.45) is 4.05. The van der Waals surface area contributed by atoms with Crippen LogP contribution in [0.25, 0.3) is 10.9 Å². The van der Waals surface area contributed by atoms with Gasteiger partial charge in [-0.2, -0.15) is 0 Å². The molecule has 0 radical (unpaired) electrons. The fraction of sp³-hybridized carbons (Fsp3) is 0.143. The van der Waals surface area contributed by atoms with Crippen molar-refractivity contribution in [1.29, 1.82) is 0 Å². The molecule has 10 heteroatoms. The second-order valence-corrected chi connectivity index (χ2v) is 6.64. The molecule has 2 aromatic heterocycles. The quantitative estimate of drug-likeness (QED) is 0.732. The highest BCUT2D eigenvalue weighted by Crippen LogP contribution is 2.17. The van der Waals surface area contributed by atoms with Crippen LogP contribution in [0.2, 0.25) is 0 Å². The first kappa shape index (κ1) is 16.0. The van der Waals surface area contributed by atoms with Crippen molar-refractivity contribution in [2.24, 2.45) is 0 Å². The number of sulfonamides is 1. The summed E-state index contributed by atoms with van der Waals surface area (Å²) in [5.41, 5.74) is 0.452. The Balaban J connectivity index is 1.75. The Labute approximate surface area is 136 Å². The van der Waals surface area contributed by atoms with Crippen LogP contribution in [0.15, 0.2) is 47.8 Å². The van der Waals surface area contributed by atoms with Crippen molar-refractivity contribution in [1.82, 2.24) is 24.7 Å². The first-order valence-corrected chi connectivity index (χ1v) is 8.37. The van der Waals surface area contributed by atoms with E-state index in [9.17, 15) is 17.6 Å². The van der Waals surface area contributed by atoms with Crippen LogP contribution in [-0.4, -0.2) is 34.3 Å². The molecule has 0 unspecified atom stereocenters. The number of hydrogen-bond donors (Lipinski definition) is 1. The molecule has 0 saturated heterocycles. The van der Waals surface area contributed by atoms with Gasteiger partial charge in [-0.15, -0.1) is 5.10 Å². The average Bonchev–Trinajstić information content (AvgIpc) is 3.05. The standard InChI is InChI=1S/C14H12FN5O3S/c15-11-1-2-13-10(7-11)8-12(9-16-13)24(22,23)18-14(21)3-5-20-6-4-17-19-20/h1-2,4,6-9H,3,5H2,(H,18,21). The van der Waals surface area contributed by atoms with E-state index in [-0.39, 0.29) is 17.9 Å². The molecular weight excluding hydrogens is 337 g/mol. The lowest BCUT2D eigenvalue weighted by Gasteiger charge is -2.07. The van der Waals surface area contributed by atoms with Crippen molar-refractivity contribution >= 4 is 26.8 Å². The number of carbonyl (C=O) groups excluding carboxylic acids is 1. The maximum atomic E-state index is 13.2. The number of fused-ring (bicyclic) bond motifs is 1. The SMILES string of the molecule is O=C(CCn1ccnn1)NS(=O)(=O)c1cnc2ccc(F)cc2c1. The van der Waals surface area contributed by atoms with Gasteiger partial charge in [0.05, 0.1) is 18.3 Å². The number of benzene rings is 1. The van der Waals surface area contributed by atoms with Gasteiger partial charge in [0.1, 0.15) is 10.7 Å². The Morgan fingerprint density at radius 2 is 2.12 bits per heavy atom. The van der Waals surface area contributed by atoms with E-state index in [4.69, 9.17) is 0 Å². The van der Waals surface area contributed by atoms with Crippen molar-refractivity contribution in [3.8, 4) is 0 Å². The Kier molecular flexibility index (Phi) is 4.21. The normalized spacial score (nSPS) is 11.5. The van der Waals surface area contributed by atoms with Crippen LogP contribution in [-0.2, 0) is 21.4 Å². The summed E-state index contributed by atoms with van der Waals surface area (Å²) in [5, 5.41) is 7.59. The van der Waals surface area contributed by atoms with Gasteiger partial charge in [0, 0.05) is 24.2 Å². The summed E-state index contributed by atoms with van der Waals surface area (Å²) in [6, 6.07) is 5.11. The number of nitrogens with zero attached hydrogens (tertiary/aromatic N) is 4. The van der Waals surface area contributed by atoms with Gasteiger partial charge in [-0.25, -0.2) is 17.5 Å². The molecule has 124 valence electrons. The van der Waals surface area contributed by atoms with Crippen LogP contribution in [0.4, 0.5) is 4.39 Å². The monoisotopic (exact) mass is 349 g/mol. The summed E-state index contributed by atoms with van der Waals surface area (Å²) >= 11 is 0. The number of nitrogens with one attached hydrogen (secondary N) is 1. The van der Waals surface area contributed by atoms with E-state index >= 15 is 0 Å². The van der Waals surface area contributed by atoms with E-state index in [1.807, 2.05) is 4.72 Å². The predicted octanol–water partition coefficient (Wildman–Crippen LogP) is 0.861. The average molecular weight is 349 g/mol. The summed E-state index contributed by atoms with van der Waals surface area (Å²) < 4.78 is 41.1. The molecule has 1 N–H and O–H groups in total. The highest BCUT2D eigenvalue weighted by atomic mass is 32.2. The number of halogens is 1. The summed E-state index contributed by atoms with van der Waals surface area (Å²) in [7, 11) is -4.08. The third kappa shape index (κ3) is 3.54. The largest absolute Gasteiger partial charge is 0.274 e. The molecular formula is C14H12FN5O3S. The maximum absolute atomic E-state index is 13.2. The van der Waals surface area contributed by atoms with E-state index in [0.717, 1.165) is 6.20 Å². The molecule has 3 aromatic rings. The van der Waals surface area contributed by atoms with Gasteiger partial charge in [-0.05, 0) is 24.3 Å². The lowest BCUT2D eigenvalue weighted by Crippen LogP contribution is -2.31. The third-order valence-electron chi connectivity index (χ3n) is 3.22. The van der Waals surface area contributed by atoms with Crippen LogP contribution >= 0.6 is 0 Å². The Morgan fingerprint density at radius 3 is 2.88 bits per heavy atom. The number of amides is 1. The maximum Gasteiger partial charge on any atom is 0.265 e. The molecule has 0 saturated carbocycles. The molecule has 0 fully saturated rings. The van der Waals surface area contributed by atoms with Crippen molar-refractivity contribution in [3.63, 3.8) is 0 Å². The molecule has 2 heterocycles. The summed E-state index contributed by atoms with van der Waals surface area (Å²) in [6.45, 7) is 0.197. The molecule has 0 atom stereocenters. The Bertz CT molecular complexity index is 989. The minimum Gasteiger partial charge on any atom is -0.274 e. The molecule has 0 bridgehead atoms. The third-order valence-corrected chi connectivity index (χ3v) is 4.56. The predicted molar refractivity (Wildman–Crippen MR) is 81.7 cm³/mol. The summed E-state index contributed by atoms with van der Waals surface area (Å²) in [5.74, 6) is -1.19. The topological polar surface area (TPSA) is 107 Å². The minimum absolute atomic E-state index is 0.0851. The molecule has 0 spiro atoms. The zero-order chi connectivity index (χ0) is 17.2. The highest BCUT2D eigenvalue weighted by molar-refractivity contribution is 7.90. The molecule has 24 heavy (non-hydrogen) atoms. The van der Waals surface area contributed by atoms with Crippen molar-refractivity contribution in [2.45, 2.75) is 17.9 Å². The van der Waals surface area contributed by atoms with Crippen molar-refractivity contribution < 1.29 is 17.6 Å². The van der Waals surface area contributed by atoms with Crippen LogP contribution < -0.4 is 4.72 Å². The first-order chi connectivity index (χ1) is 11.4. The zero-order valence-electron chi connectivity index (χ0n) is 12.3. The van der Waals surface area contributed by atoms with E-state index in [0.29, 0.717) is 10.9 Å². The first-order valence-electron chi connectivity index (χ1n) is 6.89. The number of rotatable bonds is 5. The van der Waals surface area contributed by atoms with Gasteiger partial charge < -0.3 is 0 Å². The van der Waals surface area contributed by atoms with E-state index < -0.39 is 21.7 Å². The second-order valence-electron chi connectivity index (χ2n) is 4.95. The number of aromatic nitrogens is 4. The highest BCUT2D eigenvalue weighted by Gasteiger charge is 2.18. The molecule has 0 aliphatic carbocycles. The number of carbonyl (C=O) groups is 1. The van der Waals surface area contributed by atoms with Gasteiger partial charge in [0.25, 0.3) is 10.0 Å². The van der Waals surface area contributed by atoms with Crippen LogP contribution in [0.5, 0.6) is 0 Å². The molecule has 0 aliphatic rings.